The van der Waals surface area contributed by atoms with Crippen LogP contribution in [0.15, 0.2) is 66.8 Å². The first-order valence-corrected chi connectivity index (χ1v) is 10.6. The summed E-state index contributed by atoms with van der Waals surface area (Å²) in [7, 11) is 0. The van der Waals surface area contributed by atoms with E-state index in [9.17, 15) is 18.8 Å². The molecule has 1 aliphatic heterocycles. The summed E-state index contributed by atoms with van der Waals surface area (Å²) in [6.07, 6.45) is -0.845. The Morgan fingerprint density at radius 2 is 1.54 bits per heavy atom. The van der Waals surface area contributed by atoms with Gasteiger partial charge in [-0.3, -0.25) is 0 Å². The molecule has 1 aliphatic rings. The van der Waals surface area contributed by atoms with Gasteiger partial charge in [0.2, 0.25) is 0 Å². The monoisotopic (exact) mass is 484 g/mol. The third-order valence-corrected chi connectivity index (χ3v) is 5.06. The van der Waals surface area contributed by atoms with E-state index < -0.39 is 29.3 Å². The summed E-state index contributed by atoms with van der Waals surface area (Å²) >= 11 is 0. The van der Waals surface area contributed by atoms with Crippen LogP contribution in [0, 0.1) is 11.2 Å². The second kappa shape index (κ2) is 10.9. The molecule has 0 unspecified atom stereocenters. The Kier molecular flexibility index (Phi) is 7.91. The number of ether oxygens (including phenoxy) is 5. The molecule has 0 radical (unpaired) electrons. The summed E-state index contributed by atoms with van der Waals surface area (Å²) in [5.74, 6) is -1.46. The molecule has 2 aromatic carbocycles. The fourth-order valence-electron chi connectivity index (χ4n) is 3.00. The molecule has 1 saturated heterocycles. The lowest BCUT2D eigenvalue weighted by Gasteiger charge is -2.34. The molecule has 0 spiro atoms. The van der Waals surface area contributed by atoms with Gasteiger partial charge < -0.3 is 23.7 Å². The number of carbonyl (C=O) groups is 3. The third-order valence-electron chi connectivity index (χ3n) is 5.06. The predicted octanol–water partition coefficient (Wildman–Crippen LogP) is 4.63. The molecule has 8 nitrogen and oxygen atoms in total. The molecule has 0 aromatic heterocycles. The normalized spacial score (nSPS) is 14.2. The number of hydrogen-bond acceptors (Lipinski definition) is 8. The van der Waals surface area contributed by atoms with Crippen molar-refractivity contribution in [3.63, 3.8) is 0 Å². The molecule has 3 rings (SSSR count). The van der Waals surface area contributed by atoms with E-state index in [1.165, 1.54) is 19.1 Å². The van der Waals surface area contributed by atoms with Crippen molar-refractivity contribution in [3.8, 4) is 22.6 Å². The molecule has 0 N–H and O–H groups in total. The van der Waals surface area contributed by atoms with E-state index in [0.717, 1.165) is 0 Å². The first-order valence-electron chi connectivity index (χ1n) is 10.6. The summed E-state index contributed by atoms with van der Waals surface area (Å²) in [4.78, 5) is 34.7. The Hall–Kier alpha value is -4.14. The molecule has 0 saturated carbocycles. The van der Waals surface area contributed by atoms with E-state index in [1.54, 1.807) is 37.3 Å². The van der Waals surface area contributed by atoms with Crippen LogP contribution in [0.5, 0.6) is 11.5 Å². The van der Waals surface area contributed by atoms with Crippen molar-refractivity contribution in [2.75, 3.05) is 26.4 Å². The average Bonchev–Trinajstić information content (AvgIpc) is 2.83. The molecule has 2 aromatic rings. The van der Waals surface area contributed by atoms with Crippen molar-refractivity contribution in [1.82, 2.24) is 0 Å². The maximum absolute atomic E-state index is 14.8. The summed E-state index contributed by atoms with van der Waals surface area (Å²) in [5.41, 5.74) is 0.745. The Bertz CT molecular complexity index is 1140. The summed E-state index contributed by atoms with van der Waals surface area (Å²) in [6, 6.07) is 11.0. The fourth-order valence-corrected chi connectivity index (χ4v) is 3.00. The molecule has 0 bridgehead atoms. The smallest absolute Gasteiger partial charge is 0.490 e. The SMILES string of the molecule is C=C(C)C(=O)OCC1(COc2ccc(-c3ccc(OC(=O)C(=C)C)cc3)cc2F)COC(=O)OC1. The number of rotatable bonds is 9. The molecule has 1 fully saturated rings. The van der Waals surface area contributed by atoms with Crippen molar-refractivity contribution in [3.05, 3.63) is 72.6 Å². The van der Waals surface area contributed by atoms with E-state index in [1.807, 2.05) is 0 Å². The van der Waals surface area contributed by atoms with E-state index >= 15 is 0 Å². The van der Waals surface area contributed by atoms with Crippen LogP contribution < -0.4 is 9.47 Å². The van der Waals surface area contributed by atoms with Crippen LogP contribution in [0.25, 0.3) is 11.1 Å². The highest BCUT2D eigenvalue weighted by Crippen LogP contribution is 2.30. The second-order valence-corrected chi connectivity index (χ2v) is 8.31. The molecule has 184 valence electrons. The van der Waals surface area contributed by atoms with Gasteiger partial charge in [0.1, 0.15) is 37.6 Å². The predicted molar refractivity (Wildman–Crippen MR) is 123 cm³/mol. The van der Waals surface area contributed by atoms with Crippen LogP contribution in [-0.2, 0) is 23.8 Å². The highest BCUT2D eigenvalue weighted by atomic mass is 19.1. The highest BCUT2D eigenvalue weighted by Gasteiger charge is 2.40. The lowest BCUT2D eigenvalue weighted by atomic mass is 9.91. The first-order chi connectivity index (χ1) is 16.6. The van der Waals surface area contributed by atoms with Crippen LogP contribution in [0.2, 0.25) is 0 Å². The first kappa shape index (κ1) is 25.5. The number of cyclic esters (lactones) is 2. The lowest BCUT2D eigenvalue weighted by molar-refractivity contribution is -0.151. The van der Waals surface area contributed by atoms with Crippen molar-refractivity contribution < 1.29 is 42.5 Å². The van der Waals surface area contributed by atoms with E-state index in [4.69, 9.17) is 23.7 Å². The van der Waals surface area contributed by atoms with Gasteiger partial charge in [0.25, 0.3) is 0 Å². The van der Waals surface area contributed by atoms with E-state index in [0.29, 0.717) is 16.9 Å². The molecule has 9 heteroatoms. The van der Waals surface area contributed by atoms with Gasteiger partial charge in [0, 0.05) is 11.1 Å². The van der Waals surface area contributed by atoms with Gasteiger partial charge >= 0.3 is 18.1 Å². The van der Waals surface area contributed by atoms with Gasteiger partial charge in [-0.2, -0.15) is 0 Å². The Morgan fingerprint density at radius 1 is 0.943 bits per heavy atom. The van der Waals surface area contributed by atoms with Crippen LogP contribution in [0.3, 0.4) is 0 Å². The van der Waals surface area contributed by atoms with Gasteiger partial charge in [-0.25, -0.2) is 18.8 Å². The number of carbonyl (C=O) groups excluding carboxylic acids is 3. The molecule has 0 amide bonds. The Balaban J connectivity index is 1.68. The summed E-state index contributed by atoms with van der Waals surface area (Å²) in [5, 5.41) is 0. The van der Waals surface area contributed by atoms with Gasteiger partial charge in [0.15, 0.2) is 11.6 Å². The topological polar surface area (TPSA) is 97.4 Å². The average molecular weight is 484 g/mol. The number of hydrogen-bond donors (Lipinski definition) is 0. The van der Waals surface area contributed by atoms with Gasteiger partial charge in [-0.1, -0.05) is 31.4 Å². The van der Waals surface area contributed by atoms with Gasteiger partial charge in [-0.15, -0.1) is 0 Å². The lowest BCUT2D eigenvalue weighted by Crippen LogP contribution is -2.47. The Labute approximate surface area is 201 Å². The minimum atomic E-state index is -1.01. The third kappa shape index (κ3) is 6.69. The minimum absolute atomic E-state index is 0.0386. The maximum Gasteiger partial charge on any atom is 0.508 e. The zero-order chi connectivity index (χ0) is 25.6. The van der Waals surface area contributed by atoms with E-state index in [-0.39, 0.29) is 43.3 Å². The molecular formula is C26H25FO8. The van der Waals surface area contributed by atoms with Crippen LogP contribution >= 0.6 is 0 Å². The number of esters is 2. The fraction of sp³-hybridized carbons (Fsp3) is 0.269. The summed E-state index contributed by atoms with van der Waals surface area (Å²) < 4.78 is 40.7. The van der Waals surface area contributed by atoms with Crippen molar-refractivity contribution in [2.45, 2.75) is 13.8 Å². The molecule has 35 heavy (non-hydrogen) atoms. The van der Waals surface area contributed by atoms with Crippen LogP contribution in [-0.4, -0.2) is 44.5 Å². The molecular weight excluding hydrogens is 459 g/mol. The van der Waals surface area contributed by atoms with Gasteiger partial charge in [-0.05, 0) is 49.2 Å². The van der Waals surface area contributed by atoms with Crippen molar-refractivity contribution in [1.29, 1.82) is 0 Å². The second-order valence-electron chi connectivity index (χ2n) is 8.31. The van der Waals surface area contributed by atoms with Crippen LogP contribution in [0.4, 0.5) is 9.18 Å². The molecule has 1 heterocycles. The van der Waals surface area contributed by atoms with Gasteiger partial charge in [0.05, 0.1) is 0 Å². The molecule has 0 aliphatic carbocycles. The number of halogens is 1. The standard InChI is InChI=1S/C26H25FO8/c1-16(2)23(28)32-13-26(14-33-25(30)34-15-26)12-31-22-10-7-19(11-21(22)27)18-5-8-20(9-6-18)35-24(29)17(3)4/h5-11H,1,3,12-15H2,2,4H3. The van der Waals surface area contributed by atoms with E-state index in [2.05, 4.69) is 13.2 Å². The summed E-state index contributed by atoms with van der Waals surface area (Å²) in [6.45, 7) is 9.54. The largest absolute Gasteiger partial charge is 0.508 e. The van der Waals surface area contributed by atoms with Crippen LogP contribution in [0.1, 0.15) is 13.8 Å². The van der Waals surface area contributed by atoms with Crippen molar-refractivity contribution in [2.24, 2.45) is 5.41 Å². The quantitative estimate of drug-likeness (QED) is 0.289. The minimum Gasteiger partial charge on any atom is -0.490 e. The maximum atomic E-state index is 14.8. The Morgan fingerprint density at radius 3 is 2.11 bits per heavy atom. The van der Waals surface area contributed by atoms with Crippen molar-refractivity contribution >= 4 is 18.1 Å². The number of benzene rings is 2. The zero-order valence-corrected chi connectivity index (χ0v) is 19.4. The highest BCUT2D eigenvalue weighted by molar-refractivity contribution is 5.89. The molecule has 0 atom stereocenters. The zero-order valence-electron chi connectivity index (χ0n) is 19.4.